The summed E-state index contributed by atoms with van der Waals surface area (Å²) < 4.78 is 15.7. The van der Waals surface area contributed by atoms with Gasteiger partial charge in [-0.1, -0.05) is 56.3 Å². The Morgan fingerprint density at radius 2 is 1.18 bits per heavy atom. The standard InChI is InChI=1S/C45H67N9O12/c1-26(2)22-32(38(58)52-31(40(60)61)16-13-21-48-41(46)47)53-39(59)33(23-28-14-11-10-12-15-28)51-35(55)25-49-36(56)27(3)50-37(57)34(54-42(62)65-44(4,5)6)24-29-17-19-30(20-18-29)64-43(63)66-45(7,8)9/h10-12,14-15,17-20,26-27,31-34H,13,16,21-25H2,1-9H3,(H,49,56)(H,50,57)(H,51,55)(H,52,58)(H,53,59)(H,54,62)(H,60,61)(H4,46,47,48)/t27-,31-,32+,33+,34+/m0/s1. The molecule has 21 nitrogen and oxygen atoms in total. The first-order chi connectivity index (χ1) is 30.7. The lowest BCUT2D eigenvalue weighted by Crippen LogP contribution is -2.57. The number of hydrogen-bond acceptors (Lipinski definition) is 12. The van der Waals surface area contributed by atoms with E-state index in [1.807, 2.05) is 13.8 Å². The highest BCUT2D eigenvalue weighted by Crippen LogP contribution is 2.17. The Labute approximate surface area is 385 Å². The third-order valence-corrected chi connectivity index (χ3v) is 8.97. The number of aliphatic imine (C=N–C) groups is 1. The zero-order valence-electron chi connectivity index (χ0n) is 39.1. The van der Waals surface area contributed by atoms with Crippen LogP contribution < -0.4 is 48.1 Å². The van der Waals surface area contributed by atoms with E-state index in [0.717, 1.165) is 0 Å². The summed E-state index contributed by atoms with van der Waals surface area (Å²) in [7, 11) is 0. The summed E-state index contributed by atoms with van der Waals surface area (Å²) in [6.07, 6.45) is -1.49. The van der Waals surface area contributed by atoms with E-state index in [1.165, 1.54) is 19.1 Å². The number of aliphatic carboxylic acids is 1. The molecule has 0 fully saturated rings. The van der Waals surface area contributed by atoms with Gasteiger partial charge in [-0.2, -0.15) is 0 Å². The summed E-state index contributed by atoms with van der Waals surface area (Å²) in [5, 5.41) is 25.0. The van der Waals surface area contributed by atoms with Crippen molar-refractivity contribution in [1.82, 2.24) is 31.9 Å². The number of alkyl carbamates (subject to hydrolysis) is 1. The number of carbonyl (C=O) groups is 8. The number of benzene rings is 2. The van der Waals surface area contributed by atoms with E-state index in [9.17, 15) is 43.5 Å². The van der Waals surface area contributed by atoms with E-state index in [0.29, 0.717) is 11.1 Å². The van der Waals surface area contributed by atoms with E-state index in [4.69, 9.17) is 25.7 Å². The van der Waals surface area contributed by atoms with Crippen molar-refractivity contribution >= 4 is 53.7 Å². The summed E-state index contributed by atoms with van der Waals surface area (Å²) in [5.74, 6) is -5.19. The SMILES string of the molecule is CC(C)C[C@@H](NC(=O)[C@@H](Cc1ccccc1)NC(=O)CNC(=O)[C@H](C)NC(=O)[C@@H](Cc1ccc(OC(=O)OC(C)(C)C)cc1)NC(=O)OC(C)(C)C)C(=O)N[C@@H](CCCN=C(N)N)C(=O)O. The van der Waals surface area contributed by atoms with Crippen molar-refractivity contribution in [3.63, 3.8) is 0 Å². The summed E-state index contributed by atoms with van der Waals surface area (Å²) in [5.41, 5.74) is 10.2. The molecule has 5 atom stereocenters. The largest absolute Gasteiger partial charge is 0.514 e. The van der Waals surface area contributed by atoms with Crippen LogP contribution in [0, 0.1) is 5.92 Å². The van der Waals surface area contributed by atoms with Crippen molar-refractivity contribution < 1.29 is 57.7 Å². The number of hydrogen-bond donors (Lipinski definition) is 9. The Kier molecular flexibility index (Phi) is 21.9. The van der Waals surface area contributed by atoms with Crippen LogP contribution in [0.3, 0.4) is 0 Å². The van der Waals surface area contributed by atoms with Crippen LogP contribution in [0.5, 0.6) is 5.75 Å². The number of nitrogens with zero attached hydrogens (tertiary/aromatic N) is 1. The molecule has 0 aliphatic carbocycles. The van der Waals surface area contributed by atoms with Crippen molar-refractivity contribution in [3.05, 3.63) is 65.7 Å². The van der Waals surface area contributed by atoms with E-state index in [1.54, 1.807) is 84.0 Å². The summed E-state index contributed by atoms with van der Waals surface area (Å²) in [4.78, 5) is 108. The van der Waals surface area contributed by atoms with Gasteiger partial charge in [0.2, 0.25) is 29.5 Å². The van der Waals surface area contributed by atoms with E-state index < -0.39 is 95.7 Å². The predicted octanol–water partition coefficient (Wildman–Crippen LogP) is 1.94. The number of rotatable bonds is 23. The third kappa shape index (κ3) is 22.6. The van der Waals surface area contributed by atoms with E-state index >= 15 is 0 Å². The van der Waals surface area contributed by atoms with Crippen LogP contribution in [-0.2, 0) is 51.1 Å². The molecule has 0 spiro atoms. The number of nitrogens with one attached hydrogen (secondary N) is 6. The molecule has 0 heterocycles. The van der Waals surface area contributed by atoms with Crippen LogP contribution in [0.1, 0.15) is 92.7 Å². The first kappa shape index (κ1) is 55.2. The number of carboxylic acids is 1. The van der Waals surface area contributed by atoms with Crippen LogP contribution in [0.25, 0.3) is 0 Å². The highest BCUT2D eigenvalue weighted by molar-refractivity contribution is 5.95. The van der Waals surface area contributed by atoms with Crippen LogP contribution in [0.15, 0.2) is 59.6 Å². The molecule has 0 aliphatic heterocycles. The second kappa shape index (κ2) is 26.1. The average molecular weight is 926 g/mol. The molecule has 66 heavy (non-hydrogen) atoms. The van der Waals surface area contributed by atoms with Gasteiger partial charge in [-0.15, -0.1) is 0 Å². The van der Waals surface area contributed by atoms with Crippen molar-refractivity contribution in [2.75, 3.05) is 13.1 Å². The lowest BCUT2D eigenvalue weighted by molar-refractivity contribution is -0.142. The molecule has 0 unspecified atom stereocenters. The minimum atomic E-state index is -1.30. The molecule has 2 aromatic carbocycles. The number of nitrogens with two attached hydrogens (primary N) is 2. The fraction of sp³-hybridized carbons (Fsp3) is 0.533. The molecule has 21 heteroatoms. The van der Waals surface area contributed by atoms with Gasteiger partial charge in [-0.3, -0.25) is 29.0 Å². The second-order valence-electron chi connectivity index (χ2n) is 17.9. The molecule has 11 N–H and O–H groups in total. The maximum atomic E-state index is 13.8. The molecule has 0 aliphatic rings. The first-order valence-corrected chi connectivity index (χ1v) is 21.5. The summed E-state index contributed by atoms with van der Waals surface area (Å²) in [6, 6.07) is 8.63. The second-order valence-corrected chi connectivity index (χ2v) is 17.9. The maximum Gasteiger partial charge on any atom is 0.514 e. The molecule has 364 valence electrons. The van der Waals surface area contributed by atoms with Gasteiger partial charge in [0, 0.05) is 19.4 Å². The zero-order chi connectivity index (χ0) is 49.8. The Morgan fingerprint density at radius 3 is 1.73 bits per heavy atom. The van der Waals surface area contributed by atoms with Crippen molar-refractivity contribution in [3.8, 4) is 5.75 Å². The average Bonchev–Trinajstić information content (AvgIpc) is 3.19. The third-order valence-electron chi connectivity index (χ3n) is 8.97. The lowest BCUT2D eigenvalue weighted by Gasteiger charge is -2.26. The molecule has 0 aromatic heterocycles. The summed E-state index contributed by atoms with van der Waals surface area (Å²) in [6.45, 7) is 14.5. The molecular weight excluding hydrogens is 859 g/mol. The predicted molar refractivity (Wildman–Crippen MR) is 244 cm³/mol. The van der Waals surface area contributed by atoms with Crippen LogP contribution >= 0.6 is 0 Å². The number of guanidine groups is 1. The van der Waals surface area contributed by atoms with Crippen molar-refractivity contribution in [1.29, 1.82) is 0 Å². The fourth-order valence-electron chi connectivity index (χ4n) is 5.97. The smallest absolute Gasteiger partial charge is 0.480 e. The lowest BCUT2D eigenvalue weighted by atomic mass is 10.0. The number of ether oxygens (including phenoxy) is 3. The minimum absolute atomic E-state index is 0.00887. The Morgan fingerprint density at radius 1 is 0.652 bits per heavy atom. The van der Waals surface area contributed by atoms with Gasteiger partial charge >= 0.3 is 18.2 Å². The van der Waals surface area contributed by atoms with E-state index in [-0.39, 0.29) is 56.3 Å². The van der Waals surface area contributed by atoms with Gasteiger partial charge < -0.3 is 62.7 Å². The van der Waals surface area contributed by atoms with E-state index in [2.05, 4.69) is 36.9 Å². The first-order valence-electron chi connectivity index (χ1n) is 21.5. The van der Waals surface area contributed by atoms with Gasteiger partial charge in [-0.25, -0.2) is 14.4 Å². The van der Waals surface area contributed by atoms with Crippen molar-refractivity contribution in [2.45, 2.75) is 136 Å². The van der Waals surface area contributed by atoms with Crippen LogP contribution in [0.4, 0.5) is 9.59 Å². The highest BCUT2D eigenvalue weighted by Gasteiger charge is 2.31. The Hall–Kier alpha value is -6.93. The topological polar surface area (TPSA) is 321 Å². The quantitative estimate of drug-likeness (QED) is 0.0253. The number of carboxylic acid groups (broad SMARTS) is 1. The highest BCUT2D eigenvalue weighted by atomic mass is 16.7. The minimum Gasteiger partial charge on any atom is -0.480 e. The number of amides is 6. The van der Waals surface area contributed by atoms with Crippen LogP contribution in [0.2, 0.25) is 0 Å². The molecule has 0 radical (unpaired) electrons. The molecule has 2 aromatic rings. The molecular formula is C45H67N9O12. The monoisotopic (exact) mass is 925 g/mol. The molecule has 6 amide bonds. The van der Waals surface area contributed by atoms with Crippen LogP contribution in [-0.4, -0.2) is 113 Å². The van der Waals surface area contributed by atoms with Gasteiger partial charge in [-0.05, 0) is 96.9 Å². The summed E-state index contributed by atoms with van der Waals surface area (Å²) >= 11 is 0. The van der Waals surface area contributed by atoms with Gasteiger partial charge in [0.1, 0.15) is 47.2 Å². The fourth-order valence-corrected chi connectivity index (χ4v) is 5.97. The molecule has 0 saturated heterocycles. The van der Waals surface area contributed by atoms with Gasteiger partial charge in [0.15, 0.2) is 5.96 Å². The van der Waals surface area contributed by atoms with Crippen molar-refractivity contribution in [2.24, 2.45) is 22.4 Å². The van der Waals surface area contributed by atoms with Gasteiger partial charge in [0.05, 0.1) is 6.54 Å². The molecule has 2 rings (SSSR count). The maximum absolute atomic E-state index is 13.8. The Bertz CT molecular complexity index is 1990. The Balaban J connectivity index is 2.17. The zero-order valence-corrected chi connectivity index (χ0v) is 39.1. The number of carbonyl (C=O) groups excluding carboxylic acids is 7. The molecule has 0 bridgehead atoms. The normalized spacial score (nSPS) is 13.5. The van der Waals surface area contributed by atoms with Gasteiger partial charge in [0.25, 0.3) is 0 Å². The molecule has 0 saturated carbocycles.